The first-order valence-corrected chi connectivity index (χ1v) is 9.63. The van der Waals surface area contributed by atoms with Crippen LogP contribution in [0.15, 0.2) is 38.6 Å². The van der Waals surface area contributed by atoms with Gasteiger partial charge in [0.2, 0.25) is 0 Å². The number of carbonyl (C=O) groups excluding carboxylic acids is 2. The first-order valence-electron chi connectivity index (χ1n) is 9.63. The Morgan fingerprint density at radius 3 is 1.72 bits per heavy atom. The number of ether oxygens (including phenoxy) is 3. The topological polar surface area (TPSA) is 123 Å². The van der Waals surface area contributed by atoms with E-state index >= 15 is 0 Å². The molecule has 1 aromatic heterocycles. The van der Waals surface area contributed by atoms with Crippen molar-refractivity contribution in [3.63, 3.8) is 0 Å². The van der Waals surface area contributed by atoms with Gasteiger partial charge in [0.1, 0.15) is 22.8 Å². The van der Waals surface area contributed by atoms with E-state index in [9.17, 15) is 24.0 Å². The van der Waals surface area contributed by atoms with Crippen molar-refractivity contribution < 1.29 is 75.2 Å². The standard InChI is InChI=1S/C21H25N2O8.K/c1-6-30-19(26)16(20(27)31-7-2)14(12-8-10-13(29-5)11-9-12)15-17(24)22(3)21(28)23(4)18(15)25;/h8-11,14,16H,6-7H2,1-5H3;/q-1;+1. The fourth-order valence-corrected chi connectivity index (χ4v) is 3.29. The van der Waals surface area contributed by atoms with Crippen LogP contribution in [0.3, 0.4) is 0 Å². The number of methoxy groups -OCH3 is 1. The van der Waals surface area contributed by atoms with Crippen LogP contribution < -0.4 is 72.9 Å². The first kappa shape index (κ1) is 28.1. The van der Waals surface area contributed by atoms with E-state index in [4.69, 9.17) is 14.2 Å². The second kappa shape index (κ2) is 12.4. The van der Waals surface area contributed by atoms with E-state index in [0.29, 0.717) is 11.3 Å². The molecule has 0 spiro atoms. The summed E-state index contributed by atoms with van der Waals surface area (Å²) in [7, 11) is 3.88. The second-order valence-electron chi connectivity index (χ2n) is 6.66. The van der Waals surface area contributed by atoms with Crippen LogP contribution in [0, 0.1) is 5.92 Å². The van der Waals surface area contributed by atoms with E-state index in [1.54, 1.807) is 26.0 Å². The summed E-state index contributed by atoms with van der Waals surface area (Å²) in [5.41, 5.74) is -2.75. The zero-order valence-corrected chi connectivity index (χ0v) is 22.2. The molecule has 0 amide bonds. The molecule has 32 heavy (non-hydrogen) atoms. The van der Waals surface area contributed by atoms with Crippen molar-refractivity contribution in [3.8, 4) is 5.75 Å². The number of aromatic nitrogens is 2. The molecule has 11 heteroatoms. The Balaban J connectivity index is 0.00000512. The van der Waals surface area contributed by atoms with Crippen LogP contribution in [0.1, 0.15) is 30.9 Å². The van der Waals surface area contributed by atoms with Gasteiger partial charge in [-0.05, 0) is 26.0 Å². The molecule has 0 aliphatic rings. The largest absolute Gasteiger partial charge is 1.00 e. The molecule has 1 atom stereocenters. The monoisotopic (exact) mass is 472 g/mol. The van der Waals surface area contributed by atoms with Gasteiger partial charge in [-0.2, -0.15) is 5.56 Å². The predicted octanol–water partition coefficient (Wildman–Crippen LogP) is -2.95. The van der Waals surface area contributed by atoms with Crippen molar-refractivity contribution in [1.82, 2.24) is 9.13 Å². The molecular formula is C21H25KN2O8. The zero-order chi connectivity index (χ0) is 23.3. The summed E-state index contributed by atoms with van der Waals surface area (Å²) < 4.78 is 16.8. The van der Waals surface area contributed by atoms with Gasteiger partial charge in [-0.1, -0.05) is 23.6 Å². The summed E-state index contributed by atoms with van der Waals surface area (Å²) >= 11 is 0. The van der Waals surface area contributed by atoms with E-state index in [1.807, 2.05) is 0 Å². The van der Waals surface area contributed by atoms with Gasteiger partial charge in [0.25, 0.3) is 0 Å². The van der Waals surface area contributed by atoms with Crippen molar-refractivity contribution >= 4 is 11.9 Å². The molecule has 1 unspecified atom stereocenters. The Morgan fingerprint density at radius 1 is 0.906 bits per heavy atom. The molecule has 0 aliphatic carbocycles. The average molecular weight is 473 g/mol. The number of esters is 2. The normalized spacial score (nSPS) is 11.4. The van der Waals surface area contributed by atoms with Gasteiger partial charge in [0, 0.05) is 14.1 Å². The second-order valence-corrected chi connectivity index (χ2v) is 6.66. The Morgan fingerprint density at radius 2 is 1.34 bits per heavy atom. The first-order chi connectivity index (χ1) is 14.7. The molecule has 168 valence electrons. The Hall–Kier alpha value is -1.92. The van der Waals surface area contributed by atoms with Crippen LogP contribution in [0.4, 0.5) is 0 Å². The maximum absolute atomic E-state index is 13.0. The molecule has 0 fully saturated rings. The molecule has 0 bridgehead atoms. The maximum Gasteiger partial charge on any atom is 1.00 e. The molecule has 2 rings (SSSR count). The van der Waals surface area contributed by atoms with Crippen molar-refractivity contribution in [2.45, 2.75) is 19.8 Å². The minimum absolute atomic E-state index is 0. The van der Waals surface area contributed by atoms with Crippen molar-refractivity contribution in [2.75, 3.05) is 20.3 Å². The third kappa shape index (κ3) is 5.70. The number of benzene rings is 1. The average Bonchev–Trinajstić information content (AvgIpc) is 2.76. The molecule has 0 aliphatic heterocycles. The maximum atomic E-state index is 13.0. The summed E-state index contributed by atoms with van der Waals surface area (Å²) in [5.74, 6) is -4.38. The van der Waals surface area contributed by atoms with Crippen molar-refractivity contribution in [2.24, 2.45) is 20.0 Å². The number of rotatable bonds is 8. The zero-order valence-electron chi connectivity index (χ0n) is 19.0. The summed E-state index contributed by atoms with van der Waals surface area (Å²) in [5, 5.41) is 0. The minimum atomic E-state index is -1.63. The molecular weight excluding hydrogens is 447 g/mol. The molecule has 0 N–H and O–H groups in total. The van der Waals surface area contributed by atoms with E-state index in [-0.39, 0.29) is 64.6 Å². The SMILES string of the molecule is CCOC(=O)C(C(=O)OCC)C(c1ccc(OC)cc1)[c-]1c(=O)n(C)c(=O)n(C)c1=O.[K+]. The van der Waals surface area contributed by atoms with Gasteiger partial charge in [0.15, 0.2) is 0 Å². The van der Waals surface area contributed by atoms with Gasteiger partial charge in [0.05, 0.1) is 20.3 Å². The van der Waals surface area contributed by atoms with Crippen LogP contribution in [0.2, 0.25) is 0 Å². The van der Waals surface area contributed by atoms with E-state index in [1.165, 1.54) is 33.3 Å². The van der Waals surface area contributed by atoms with Gasteiger partial charge in [-0.25, -0.2) is 4.79 Å². The van der Waals surface area contributed by atoms with Crippen LogP contribution >= 0.6 is 0 Å². The molecule has 0 radical (unpaired) electrons. The van der Waals surface area contributed by atoms with Gasteiger partial charge in [-0.15, -0.1) is 0 Å². The van der Waals surface area contributed by atoms with Crippen molar-refractivity contribution in [1.29, 1.82) is 0 Å². The fourth-order valence-electron chi connectivity index (χ4n) is 3.29. The predicted molar refractivity (Wildman–Crippen MR) is 110 cm³/mol. The summed E-state index contributed by atoms with van der Waals surface area (Å²) in [6, 6.07) is 6.18. The molecule has 0 saturated carbocycles. The fraction of sp³-hybridized carbons (Fsp3) is 0.429. The smallest absolute Gasteiger partial charge is 0.497 e. The van der Waals surface area contributed by atoms with Crippen LogP contribution in [0.5, 0.6) is 5.75 Å². The van der Waals surface area contributed by atoms with E-state index in [2.05, 4.69) is 0 Å². The number of hydrogen-bond acceptors (Lipinski definition) is 8. The Kier molecular flexibility index (Phi) is 10.9. The molecule has 10 nitrogen and oxygen atoms in total. The molecule has 2 aromatic rings. The number of carbonyl (C=O) groups is 2. The third-order valence-electron chi connectivity index (χ3n) is 4.84. The van der Waals surface area contributed by atoms with Crippen LogP contribution in [0.25, 0.3) is 0 Å². The molecule has 1 heterocycles. The Labute approximate surface area is 226 Å². The number of nitrogens with zero attached hydrogens (tertiary/aromatic N) is 2. The summed E-state index contributed by atoms with van der Waals surface area (Å²) in [4.78, 5) is 63.8. The summed E-state index contributed by atoms with van der Waals surface area (Å²) in [6.45, 7) is 3.07. The van der Waals surface area contributed by atoms with E-state index < -0.39 is 46.1 Å². The van der Waals surface area contributed by atoms with E-state index in [0.717, 1.165) is 9.13 Å². The Bertz CT molecular complexity index is 1070. The minimum Gasteiger partial charge on any atom is -0.497 e. The third-order valence-corrected chi connectivity index (χ3v) is 4.84. The van der Waals surface area contributed by atoms with Gasteiger partial charge < -0.3 is 23.8 Å². The van der Waals surface area contributed by atoms with Crippen LogP contribution in [-0.4, -0.2) is 41.4 Å². The van der Waals surface area contributed by atoms with Gasteiger partial charge in [-0.3, -0.25) is 18.7 Å². The van der Waals surface area contributed by atoms with Crippen molar-refractivity contribution in [3.05, 3.63) is 66.6 Å². The van der Waals surface area contributed by atoms with Gasteiger partial charge >= 0.3 is 69.0 Å². The summed E-state index contributed by atoms with van der Waals surface area (Å²) in [6.07, 6.45) is 0. The molecule has 1 aromatic carbocycles. The molecule has 0 saturated heterocycles. The number of hydrogen-bond donors (Lipinski definition) is 0. The van der Waals surface area contributed by atoms with Crippen LogP contribution in [-0.2, 0) is 33.2 Å². The quantitative estimate of drug-likeness (QED) is 0.173.